The molecule has 0 nitrogen and oxygen atoms in total. The third kappa shape index (κ3) is 3.23. The molecule has 0 aromatic carbocycles. The molecule has 0 amide bonds. The second-order valence-corrected chi connectivity index (χ2v) is 30.3. The molecule has 0 aliphatic rings. The van der Waals surface area contributed by atoms with Crippen LogP contribution in [-0.2, 0) is 14.8 Å². The van der Waals surface area contributed by atoms with Crippen molar-refractivity contribution in [1.29, 1.82) is 0 Å². The standard InChI is InChI=1S/3C4H9.C2H5.Mg.Zn/c3*1-4(2)3;1-2;;/h3*1-3H3;1H2,2H3;;/q;;;;+2;-2. The van der Waals surface area contributed by atoms with E-state index >= 15 is 0 Å². The fourth-order valence-electron chi connectivity index (χ4n) is 7.02. The Morgan fingerprint density at radius 1 is 0.625 bits per heavy atom. The smallest absolute Gasteiger partial charge is 2.00 e. The van der Waals surface area contributed by atoms with E-state index in [1.54, 1.807) is 0 Å². The summed E-state index contributed by atoms with van der Waals surface area (Å²) in [6.07, 6.45) is 0. The average molecular weight is 290 g/mol. The molecule has 0 aromatic heterocycles. The molecule has 0 bridgehead atoms. The summed E-state index contributed by atoms with van der Waals surface area (Å²) in [4.78, 5) is 0. The predicted molar refractivity (Wildman–Crippen MR) is 75.4 cm³/mol. The molecular formula is C14H32MgZn. The van der Waals surface area contributed by atoms with Gasteiger partial charge in [0.1, 0.15) is 0 Å². The van der Waals surface area contributed by atoms with Crippen LogP contribution >= 0.6 is 0 Å². The number of rotatable bonds is 1. The van der Waals surface area contributed by atoms with Crippen LogP contribution in [0.25, 0.3) is 0 Å². The van der Waals surface area contributed by atoms with E-state index in [0.717, 1.165) is 0 Å². The predicted octanol–water partition coefficient (Wildman–Crippen LogP) is 5.85. The van der Waals surface area contributed by atoms with Crippen LogP contribution in [0.3, 0.4) is 0 Å². The van der Waals surface area contributed by atoms with Gasteiger partial charge >= 0.3 is 124 Å². The Hall–Kier alpha value is 1.39. The Morgan fingerprint density at radius 3 is 0.812 bits per heavy atom. The van der Waals surface area contributed by atoms with E-state index in [1.807, 2.05) is 0 Å². The van der Waals surface area contributed by atoms with E-state index < -0.39 is 14.8 Å². The minimum Gasteiger partial charge on any atom is 2.00 e. The fourth-order valence-corrected chi connectivity index (χ4v) is 36.5. The summed E-state index contributed by atoms with van der Waals surface area (Å²) >= 11 is -2.37. The Labute approximate surface area is 123 Å². The first-order valence-electron chi connectivity index (χ1n) is 6.77. The fraction of sp³-hybridized carbons (Fsp3) is 1.00. The van der Waals surface area contributed by atoms with Crippen molar-refractivity contribution in [3.05, 3.63) is 0 Å². The van der Waals surface area contributed by atoms with Gasteiger partial charge in [-0.1, -0.05) is 0 Å². The minimum absolute atomic E-state index is 0. The summed E-state index contributed by atoms with van der Waals surface area (Å²) in [5.74, 6) is 0. The second-order valence-electron chi connectivity index (χ2n) is 9.46. The zero-order valence-electron chi connectivity index (χ0n) is 13.6. The topological polar surface area (TPSA) is 0 Å². The van der Waals surface area contributed by atoms with Crippen LogP contribution in [0.4, 0.5) is 0 Å². The maximum absolute atomic E-state index is 2.49. The first-order valence-corrected chi connectivity index (χ1v) is 13.3. The van der Waals surface area contributed by atoms with Gasteiger partial charge in [-0.25, -0.2) is 0 Å². The van der Waals surface area contributed by atoms with E-state index in [4.69, 9.17) is 0 Å². The van der Waals surface area contributed by atoms with Gasteiger partial charge in [-0.15, -0.1) is 0 Å². The molecule has 0 saturated heterocycles. The molecular weight excluding hydrogens is 258 g/mol. The molecule has 0 fully saturated rings. The van der Waals surface area contributed by atoms with E-state index in [1.165, 1.54) is 5.02 Å². The monoisotopic (exact) mass is 288 g/mol. The quantitative estimate of drug-likeness (QED) is 0.531. The third-order valence-electron chi connectivity index (χ3n) is 6.18. The summed E-state index contributed by atoms with van der Waals surface area (Å²) in [5, 5.41) is 1.46. The number of hydrogen-bond donors (Lipinski definition) is 0. The largest absolute Gasteiger partial charge is 2.00 e. The van der Waals surface area contributed by atoms with Gasteiger partial charge in [0.05, 0.1) is 0 Å². The first kappa shape index (κ1) is 19.7. The summed E-state index contributed by atoms with van der Waals surface area (Å²) < 4.78 is 1.65. The molecule has 2 heteroatoms. The van der Waals surface area contributed by atoms with Crippen molar-refractivity contribution in [2.45, 2.75) is 86.3 Å². The summed E-state index contributed by atoms with van der Waals surface area (Å²) in [6.45, 7) is 24.9. The first-order chi connectivity index (χ1) is 6.31. The van der Waals surface area contributed by atoms with Crippen LogP contribution < -0.4 is 0 Å². The van der Waals surface area contributed by atoms with Gasteiger partial charge in [0.2, 0.25) is 0 Å². The van der Waals surface area contributed by atoms with Crippen molar-refractivity contribution in [1.82, 2.24) is 0 Å². The second kappa shape index (κ2) is 5.57. The molecule has 0 aliphatic carbocycles. The summed E-state index contributed by atoms with van der Waals surface area (Å²) in [5.41, 5.74) is 0. The van der Waals surface area contributed by atoms with Gasteiger partial charge < -0.3 is 0 Å². The van der Waals surface area contributed by atoms with Crippen molar-refractivity contribution in [2.75, 3.05) is 0 Å². The minimum atomic E-state index is -2.37. The Balaban J connectivity index is 0. The van der Waals surface area contributed by atoms with Gasteiger partial charge in [0, 0.05) is 0 Å². The van der Waals surface area contributed by atoms with Crippen LogP contribution in [0.2, 0.25) is 17.0 Å². The zero-order valence-corrected chi connectivity index (χ0v) is 18.0. The Bertz CT molecular complexity index is 176. The van der Waals surface area contributed by atoms with E-state index in [2.05, 4.69) is 69.2 Å². The molecule has 0 rings (SSSR count). The van der Waals surface area contributed by atoms with Crippen molar-refractivity contribution in [3.63, 3.8) is 0 Å². The molecule has 92 valence electrons. The van der Waals surface area contributed by atoms with Crippen molar-refractivity contribution < 1.29 is 14.8 Å². The van der Waals surface area contributed by atoms with Crippen LogP contribution in [0.5, 0.6) is 0 Å². The molecule has 0 saturated carbocycles. The van der Waals surface area contributed by atoms with Gasteiger partial charge in [-0.2, -0.15) is 0 Å². The van der Waals surface area contributed by atoms with E-state index in [0.29, 0.717) is 12.0 Å². The van der Waals surface area contributed by atoms with Crippen LogP contribution in [0.1, 0.15) is 69.2 Å². The van der Waals surface area contributed by atoms with Crippen LogP contribution in [-0.4, -0.2) is 23.1 Å². The SMILES string of the molecule is C[CH2][Zn-2]([C](C)(C)C)([C](C)(C)C)[C](C)(C)C.[Mg+2]. The Morgan fingerprint density at radius 2 is 0.812 bits per heavy atom. The Kier molecular flexibility index (Phi) is 6.87. The van der Waals surface area contributed by atoms with Crippen molar-refractivity contribution in [3.8, 4) is 0 Å². The molecule has 0 unspecified atom stereocenters. The van der Waals surface area contributed by atoms with Gasteiger partial charge in [-0.3, -0.25) is 0 Å². The molecule has 0 aromatic rings. The van der Waals surface area contributed by atoms with Crippen LogP contribution in [0, 0.1) is 0 Å². The molecule has 0 atom stereocenters. The summed E-state index contributed by atoms with van der Waals surface area (Å²) in [6, 6.07) is 0. The molecule has 16 heavy (non-hydrogen) atoms. The van der Waals surface area contributed by atoms with E-state index in [-0.39, 0.29) is 23.1 Å². The van der Waals surface area contributed by atoms with Gasteiger partial charge in [0.25, 0.3) is 0 Å². The van der Waals surface area contributed by atoms with Crippen molar-refractivity contribution in [2.24, 2.45) is 0 Å². The van der Waals surface area contributed by atoms with Crippen LogP contribution in [0.15, 0.2) is 0 Å². The normalized spacial score (nSPS) is 14.6. The molecule has 0 aliphatic heterocycles. The maximum atomic E-state index is 2.49. The third-order valence-corrected chi connectivity index (χ3v) is 32.1. The molecule has 0 N–H and O–H groups in total. The molecule has 0 heterocycles. The van der Waals surface area contributed by atoms with E-state index in [9.17, 15) is 0 Å². The average Bonchev–Trinajstić information content (AvgIpc) is 1.76. The molecule has 0 spiro atoms. The summed E-state index contributed by atoms with van der Waals surface area (Å²) in [7, 11) is 0. The maximum Gasteiger partial charge on any atom is 2.00 e. The van der Waals surface area contributed by atoms with Crippen molar-refractivity contribution >= 4 is 23.1 Å². The molecule has 0 radical (unpaired) electrons. The number of hydrogen-bond acceptors (Lipinski definition) is 0. The van der Waals surface area contributed by atoms with Gasteiger partial charge in [-0.05, 0) is 0 Å². The van der Waals surface area contributed by atoms with Gasteiger partial charge in [0.15, 0.2) is 0 Å². The zero-order chi connectivity index (χ0) is 12.7.